The molecule has 2 amide bonds. The number of nitrogens with zero attached hydrogens (tertiary/aromatic N) is 1. The van der Waals surface area contributed by atoms with Crippen LogP contribution in [0.25, 0.3) is 0 Å². The summed E-state index contributed by atoms with van der Waals surface area (Å²) in [5.74, 6) is 0.238. The summed E-state index contributed by atoms with van der Waals surface area (Å²) < 4.78 is 5.19. The molecular formula is C19H22N2O3. The molecule has 0 saturated heterocycles. The molecule has 0 fully saturated rings. The third-order valence-electron chi connectivity index (χ3n) is 3.70. The number of hydrogen-bond acceptors (Lipinski definition) is 3. The number of rotatable bonds is 6. The molecule has 0 aromatic heterocycles. The van der Waals surface area contributed by atoms with E-state index in [1.54, 1.807) is 23.1 Å². The Hall–Kier alpha value is -2.82. The highest BCUT2D eigenvalue weighted by molar-refractivity contribution is 5.97. The van der Waals surface area contributed by atoms with E-state index in [0.717, 1.165) is 11.3 Å². The second kappa shape index (κ2) is 8.15. The van der Waals surface area contributed by atoms with Crippen molar-refractivity contribution in [3.05, 3.63) is 59.7 Å². The lowest BCUT2D eigenvalue weighted by molar-refractivity contribution is -0.116. The molecule has 0 radical (unpaired) electrons. The van der Waals surface area contributed by atoms with Crippen molar-refractivity contribution in [2.24, 2.45) is 0 Å². The van der Waals surface area contributed by atoms with Gasteiger partial charge in [0.2, 0.25) is 5.91 Å². The van der Waals surface area contributed by atoms with Crippen molar-refractivity contribution < 1.29 is 14.3 Å². The maximum Gasteiger partial charge on any atom is 0.255 e. The number of ether oxygens (including phenoxy) is 1. The molecule has 126 valence electrons. The molecule has 0 unspecified atom stereocenters. The van der Waals surface area contributed by atoms with Crippen LogP contribution in [0, 0.1) is 6.92 Å². The second-order valence-corrected chi connectivity index (χ2v) is 5.46. The number of carbonyl (C=O) groups is 2. The Morgan fingerprint density at radius 2 is 1.75 bits per heavy atom. The Labute approximate surface area is 142 Å². The highest BCUT2D eigenvalue weighted by Gasteiger charge is 2.14. The van der Waals surface area contributed by atoms with Gasteiger partial charge in [0.1, 0.15) is 5.75 Å². The molecule has 0 heterocycles. The SMILES string of the molecule is COc1ccccc1C(=O)NCCN(C(C)=O)c1ccc(C)cc1. The van der Waals surface area contributed by atoms with E-state index >= 15 is 0 Å². The molecular weight excluding hydrogens is 304 g/mol. The Bertz CT molecular complexity index is 711. The molecule has 5 nitrogen and oxygen atoms in total. The fourth-order valence-electron chi connectivity index (χ4n) is 2.40. The molecule has 1 N–H and O–H groups in total. The van der Waals surface area contributed by atoms with Crippen molar-refractivity contribution in [2.45, 2.75) is 13.8 Å². The summed E-state index contributed by atoms with van der Waals surface area (Å²) in [5, 5.41) is 2.83. The smallest absolute Gasteiger partial charge is 0.255 e. The van der Waals surface area contributed by atoms with Crippen LogP contribution in [0.3, 0.4) is 0 Å². The molecule has 0 saturated carbocycles. The van der Waals surface area contributed by atoms with Crippen molar-refractivity contribution in [3.63, 3.8) is 0 Å². The first-order valence-corrected chi connectivity index (χ1v) is 7.79. The van der Waals surface area contributed by atoms with E-state index in [0.29, 0.717) is 24.4 Å². The topological polar surface area (TPSA) is 58.6 Å². The van der Waals surface area contributed by atoms with Crippen LogP contribution < -0.4 is 15.0 Å². The summed E-state index contributed by atoms with van der Waals surface area (Å²) in [6.45, 7) is 4.26. The van der Waals surface area contributed by atoms with Gasteiger partial charge in [-0.05, 0) is 31.2 Å². The van der Waals surface area contributed by atoms with E-state index < -0.39 is 0 Å². The van der Waals surface area contributed by atoms with Gasteiger partial charge in [-0.3, -0.25) is 9.59 Å². The number of aryl methyl sites for hydroxylation is 1. The third-order valence-corrected chi connectivity index (χ3v) is 3.70. The predicted molar refractivity (Wildman–Crippen MR) is 94.5 cm³/mol. The van der Waals surface area contributed by atoms with Crippen molar-refractivity contribution >= 4 is 17.5 Å². The average molecular weight is 326 g/mol. The number of amides is 2. The van der Waals surface area contributed by atoms with Gasteiger partial charge in [-0.2, -0.15) is 0 Å². The van der Waals surface area contributed by atoms with Crippen LogP contribution in [0.4, 0.5) is 5.69 Å². The van der Waals surface area contributed by atoms with Crippen molar-refractivity contribution in [1.29, 1.82) is 0 Å². The van der Waals surface area contributed by atoms with Gasteiger partial charge in [-0.25, -0.2) is 0 Å². The number of hydrogen-bond donors (Lipinski definition) is 1. The minimum Gasteiger partial charge on any atom is -0.496 e. The van der Waals surface area contributed by atoms with Crippen LogP contribution in [0.5, 0.6) is 5.75 Å². The number of benzene rings is 2. The summed E-state index contributed by atoms with van der Waals surface area (Å²) in [5.41, 5.74) is 2.43. The normalized spacial score (nSPS) is 10.1. The lowest BCUT2D eigenvalue weighted by Crippen LogP contribution is -2.37. The minimum atomic E-state index is -0.222. The van der Waals surface area contributed by atoms with E-state index in [9.17, 15) is 9.59 Å². The van der Waals surface area contributed by atoms with Crippen LogP contribution in [-0.2, 0) is 4.79 Å². The summed E-state index contributed by atoms with van der Waals surface area (Å²) >= 11 is 0. The van der Waals surface area contributed by atoms with E-state index in [2.05, 4.69) is 5.32 Å². The Kier molecular flexibility index (Phi) is 5.95. The van der Waals surface area contributed by atoms with Crippen LogP contribution >= 0.6 is 0 Å². The fraction of sp³-hybridized carbons (Fsp3) is 0.263. The van der Waals surface area contributed by atoms with E-state index in [1.165, 1.54) is 14.0 Å². The zero-order chi connectivity index (χ0) is 17.5. The highest BCUT2D eigenvalue weighted by Crippen LogP contribution is 2.17. The molecule has 0 aliphatic rings. The highest BCUT2D eigenvalue weighted by atomic mass is 16.5. The Morgan fingerprint density at radius 3 is 2.38 bits per heavy atom. The quantitative estimate of drug-likeness (QED) is 0.888. The van der Waals surface area contributed by atoms with Crippen LogP contribution in [-0.4, -0.2) is 32.0 Å². The molecule has 0 spiro atoms. The fourth-order valence-corrected chi connectivity index (χ4v) is 2.40. The lowest BCUT2D eigenvalue weighted by Gasteiger charge is -2.21. The first-order valence-electron chi connectivity index (χ1n) is 7.79. The third kappa shape index (κ3) is 4.35. The Morgan fingerprint density at radius 1 is 1.08 bits per heavy atom. The molecule has 0 atom stereocenters. The predicted octanol–water partition coefficient (Wildman–Crippen LogP) is 2.79. The average Bonchev–Trinajstić information content (AvgIpc) is 2.59. The van der Waals surface area contributed by atoms with Gasteiger partial charge in [0.05, 0.1) is 12.7 Å². The molecule has 5 heteroatoms. The summed E-state index contributed by atoms with van der Waals surface area (Å²) in [6.07, 6.45) is 0. The minimum absolute atomic E-state index is 0.0645. The van der Waals surface area contributed by atoms with E-state index in [1.807, 2.05) is 37.3 Å². The molecule has 24 heavy (non-hydrogen) atoms. The molecule has 0 aliphatic carbocycles. The second-order valence-electron chi connectivity index (χ2n) is 5.46. The van der Waals surface area contributed by atoms with Gasteiger partial charge < -0.3 is 15.0 Å². The molecule has 0 aliphatic heterocycles. The van der Waals surface area contributed by atoms with Crippen LogP contribution in [0.15, 0.2) is 48.5 Å². The van der Waals surface area contributed by atoms with E-state index in [4.69, 9.17) is 4.74 Å². The number of anilines is 1. The maximum atomic E-state index is 12.3. The Balaban J connectivity index is 1.99. The number of methoxy groups -OCH3 is 1. The number of nitrogens with one attached hydrogen (secondary N) is 1. The molecule has 2 aromatic carbocycles. The van der Waals surface area contributed by atoms with Gasteiger partial charge in [0.25, 0.3) is 5.91 Å². The van der Waals surface area contributed by atoms with Crippen LogP contribution in [0.1, 0.15) is 22.8 Å². The van der Waals surface area contributed by atoms with Gasteiger partial charge >= 0.3 is 0 Å². The molecule has 2 aromatic rings. The van der Waals surface area contributed by atoms with Gasteiger partial charge in [-0.15, -0.1) is 0 Å². The van der Waals surface area contributed by atoms with Crippen molar-refractivity contribution in [2.75, 3.05) is 25.1 Å². The number of carbonyl (C=O) groups excluding carboxylic acids is 2. The monoisotopic (exact) mass is 326 g/mol. The van der Waals surface area contributed by atoms with Gasteiger partial charge in [-0.1, -0.05) is 29.8 Å². The first-order chi connectivity index (χ1) is 11.5. The zero-order valence-corrected chi connectivity index (χ0v) is 14.2. The molecule has 2 rings (SSSR count). The standard InChI is InChI=1S/C19H22N2O3/c1-14-8-10-16(11-9-14)21(15(2)22)13-12-20-19(23)17-6-4-5-7-18(17)24-3/h4-11H,12-13H2,1-3H3,(H,20,23). The number of para-hydroxylation sites is 1. The summed E-state index contributed by atoms with van der Waals surface area (Å²) in [4.78, 5) is 25.8. The molecule has 0 bridgehead atoms. The first kappa shape index (κ1) is 17.5. The summed E-state index contributed by atoms with van der Waals surface area (Å²) in [7, 11) is 1.53. The van der Waals surface area contributed by atoms with Crippen LogP contribution in [0.2, 0.25) is 0 Å². The largest absolute Gasteiger partial charge is 0.496 e. The van der Waals surface area contributed by atoms with Gasteiger partial charge in [0, 0.05) is 25.7 Å². The lowest BCUT2D eigenvalue weighted by atomic mass is 10.2. The maximum absolute atomic E-state index is 12.3. The van der Waals surface area contributed by atoms with Crippen molar-refractivity contribution in [1.82, 2.24) is 5.32 Å². The van der Waals surface area contributed by atoms with Gasteiger partial charge in [0.15, 0.2) is 0 Å². The summed E-state index contributed by atoms with van der Waals surface area (Å²) in [6, 6.07) is 14.8. The zero-order valence-electron chi connectivity index (χ0n) is 14.2. The van der Waals surface area contributed by atoms with E-state index in [-0.39, 0.29) is 11.8 Å². The van der Waals surface area contributed by atoms with Crippen molar-refractivity contribution in [3.8, 4) is 5.75 Å².